The van der Waals surface area contributed by atoms with Crippen molar-refractivity contribution in [3.8, 4) is 0 Å². The van der Waals surface area contributed by atoms with E-state index in [0.717, 1.165) is 11.4 Å². The molecule has 1 amide bonds. The third kappa shape index (κ3) is 3.84. The molecule has 0 aromatic carbocycles. The van der Waals surface area contributed by atoms with Gasteiger partial charge in [0.05, 0.1) is 12.4 Å². The highest BCUT2D eigenvalue weighted by Crippen LogP contribution is 2.24. The highest BCUT2D eigenvalue weighted by atomic mass is 16.3. The molecule has 3 heterocycles. The molecule has 8 heteroatoms. The molecule has 122 valence electrons. The summed E-state index contributed by atoms with van der Waals surface area (Å²) in [6.07, 6.45) is 8.99. The van der Waals surface area contributed by atoms with Crippen molar-refractivity contribution >= 4 is 11.7 Å². The number of rotatable bonds is 5. The first-order valence-electron chi connectivity index (χ1n) is 7.53. The number of hydrogen-bond donors (Lipinski definition) is 2. The van der Waals surface area contributed by atoms with Gasteiger partial charge in [0, 0.05) is 38.2 Å². The van der Waals surface area contributed by atoms with Gasteiger partial charge in [0.15, 0.2) is 0 Å². The molecule has 0 aliphatic carbocycles. The van der Waals surface area contributed by atoms with E-state index in [1.54, 1.807) is 35.7 Å². The van der Waals surface area contributed by atoms with Gasteiger partial charge < -0.3 is 15.3 Å². The Hall–Kier alpha value is -2.48. The number of aromatic nitrogens is 4. The predicted molar refractivity (Wildman–Crippen MR) is 83.8 cm³/mol. The Labute approximate surface area is 134 Å². The summed E-state index contributed by atoms with van der Waals surface area (Å²) >= 11 is 0. The summed E-state index contributed by atoms with van der Waals surface area (Å²) in [4.78, 5) is 22.2. The van der Waals surface area contributed by atoms with Gasteiger partial charge in [0.2, 0.25) is 5.91 Å². The Morgan fingerprint density at radius 3 is 3.00 bits per heavy atom. The van der Waals surface area contributed by atoms with Crippen molar-refractivity contribution in [2.75, 3.05) is 24.5 Å². The zero-order valence-electron chi connectivity index (χ0n) is 13.0. The first kappa shape index (κ1) is 15.4. The monoisotopic (exact) mass is 316 g/mol. The zero-order valence-corrected chi connectivity index (χ0v) is 13.0. The van der Waals surface area contributed by atoms with Gasteiger partial charge >= 0.3 is 0 Å². The number of carbonyl (C=O) groups excluding carboxylic acids is 1. The van der Waals surface area contributed by atoms with Crippen LogP contribution in [0.5, 0.6) is 0 Å². The first-order chi connectivity index (χ1) is 11.0. The number of nitrogens with one attached hydrogen (secondary N) is 1. The number of aryl methyl sites for hydroxylation is 1. The molecule has 2 N–H and O–H groups in total. The summed E-state index contributed by atoms with van der Waals surface area (Å²) in [5.41, 5.74) is 0.0552. The van der Waals surface area contributed by atoms with Crippen LogP contribution in [-0.2, 0) is 11.3 Å². The van der Waals surface area contributed by atoms with E-state index in [2.05, 4.69) is 20.4 Å². The van der Waals surface area contributed by atoms with E-state index in [9.17, 15) is 9.90 Å². The fourth-order valence-electron chi connectivity index (χ4n) is 2.67. The topological polar surface area (TPSA) is 96.2 Å². The number of carbonyl (C=O) groups is 1. The van der Waals surface area contributed by atoms with Crippen molar-refractivity contribution < 1.29 is 9.90 Å². The number of aliphatic hydroxyl groups is 1. The van der Waals surface area contributed by atoms with Crippen LogP contribution in [0.15, 0.2) is 31.0 Å². The Kier molecular flexibility index (Phi) is 4.24. The molecule has 3 rings (SSSR count). The van der Waals surface area contributed by atoms with Crippen LogP contribution in [0, 0.1) is 6.92 Å². The second-order valence-electron chi connectivity index (χ2n) is 5.95. The third-order valence-corrected chi connectivity index (χ3v) is 3.89. The molecule has 1 atom stereocenters. The highest BCUT2D eigenvalue weighted by molar-refractivity contribution is 5.75. The van der Waals surface area contributed by atoms with Gasteiger partial charge in [-0.2, -0.15) is 5.10 Å². The summed E-state index contributed by atoms with van der Waals surface area (Å²) in [5, 5.41) is 17.5. The molecule has 1 aliphatic heterocycles. The van der Waals surface area contributed by atoms with Crippen LogP contribution in [0.1, 0.15) is 12.0 Å². The lowest BCUT2D eigenvalue weighted by Crippen LogP contribution is -2.45. The average molecular weight is 316 g/mol. The molecule has 1 fully saturated rings. The Morgan fingerprint density at radius 2 is 2.30 bits per heavy atom. The molecular formula is C15H20N6O2. The number of nitrogens with zero attached hydrogens (tertiary/aromatic N) is 5. The van der Waals surface area contributed by atoms with Crippen LogP contribution in [0.2, 0.25) is 0 Å². The second-order valence-corrected chi connectivity index (χ2v) is 5.95. The molecule has 2 aromatic rings. The summed E-state index contributed by atoms with van der Waals surface area (Å²) in [7, 11) is 0. The highest BCUT2D eigenvalue weighted by Gasteiger charge is 2.37. The van der Waals surface area contributed by atoms with Crippen molar-refractivity contribution in [1.82, 2.24) is 25.1 Å². The maximum Gasteiger partial charge on any atom is 0.241 e. The van der Waals surface area contributed by atoms with Crippen LogP contribution in [0.4, 0.5) is 5.82 Å². The number of hydrogen-bond acceptors (Lipinski definition) is 6. The fraction of sp³-hybridized carbons (Fsp3) is 0.467. The van der Waals surface area contributed by atoms with Crippen LogP contribution in [0.25, 0.3) is 0 Å². The smallest absolute Gasteiger partial charge is 0.241 e. The number of anilines is 1. The minimum absolute atomic E-state index is 0.151. The summed E-state index contributed by atoms with van der Waals surface area (Å²) in [6.45, 7) is 3.39. The predicted octanol–water partition coefficient (Wildman–Crippen LogP) is -0.261. The van der Waals surface area contributed by atoms with Crippen molar-refractivity contribution in [3.63, 3.8) is 0 Å². The lowest BCUT2D eigenvalue weighted by molar-refractivity contribution is -0.122. The van der Waals surface area contributed by atoms with Crippen LogP contribution < -0.4 is 10.2 Å². The van der Waals surface area contributed by atoms with Gasteiger partial charge in [-0.05, 0) is 18.9 Å². The van der Waals surface area contributed by atoms with Crippen molar-refractivity contribution in [2.24, 2.45) is 0 Å². The maximum absolute atomic E-state index is 12.0. The molecule has 0 unspecified atom stereocenters. The number of amides is 1. The van der Waals surface area contributed by atoms with E-state index < -0.39 is 5.60 Å². The molecule has 2 aromatic heterocycles. The zero-order chi connectivity index (χ0) is 16.3. The molecule has 23 heavy (non-hydrogen) atoms. The Bertz CT molecular complexity index is 674. The van der Waals surface area contributed by atoms with Crippen LogP contribution in [0.3, 0.4) is 0 Å². The van der Waals surface area contributed by atoms with E-state index in [1.165, 1.54) is 0 Å². The van der Waals surface area contributed by atoms with Crippen LogP contribution >= 0.6 is 0 Å². The van der Waals surface area contributed by atoms with Crippen molar-refractivity contribution in [2.45, 2.75) is 25.5 Å². The van der Waals surface area contributed by atoms with Gasteiger partial charge in [0.1, 0.15) is 18.0 Å². The molecule has 1 aliphatic rings. The van der Waals surface area contributed by atoms with Gasteiger partial charge in [-0.3, -0.25) is 14.5 Å². The molecule has 0 radical (unpaired) electrons. The quantitative estimate of drug-likeness (QED) is 0.789. The minimum atomic E-state index is -0.951. The summed E-state index contributed by atoms with van der Waals surface area (Å²) in [5.74, 6) is 0.571. The van der Waals surface area contributed by atoms with Gasteiger partial charge in [-0.1, -0.05) is 0 Å². The lowest BCUT2D eigenvalue weighted by Gasteiger charge is -2.24. The van der Waals surface area contributed by atoms with Crippen molar-refractivity contribution in [3.05, 3.63) is 36.5 Å². The standard InChI is InChI=1S/C15H20N6O2/c1-12-6-19-21(8-12)9-14(22)18-10-15(23)2-5-20(11-15)13-7-16-3-4-17-13/h3-4,6-8,23H,2,5,9-11H2,1H3,(H,18,22)/t15-/m1/s1. The molecule has 1 saturated heterocycles. The SMILES string of the molecule is Cc1cnn(CC(=O)NC[C@]2(O)CCN(c3cnccn3)C2)c1. The summed E-state index contributed by atoms with van der Waals surface area (Å²) in [6, 6.07) is 0. The number of β-amino-alcohol motifs (C(OH)–C–C–N with tert-alkyl or cyclic N) is 1. The first-order valence-corrected chi connectivity index (χ1v) is 7.53. The molecular weight excluding hydrogens is 296 g/mol. The minimum Gasteiger partial charge on any atom is -0.386 e. The third-order valence-electron chi connectivity index (χ3n) is 3.89. The molecule has 8 nitrogen and oxygen atoms in total. The molecule has 0 bridgehead atoms. The average Bonchev–Trinajstić information content (AvgIpc) is 3.13. The molecule has 0 spiro atoms. The van der Waals surface area contributed by atoms with Gasteiger partial charge in [-0.25, -0.2) is 4.98 Å². The maximum atomic E-state index is 12.0. The summed E-state index contributed by atoms with van der Waals surface area (Å²) < 4.78 is 1.58. The van der Waals surface area contributed by atoms with Gasteiger partial charge in [0.25, 0.3) is 0 Å². The van der Waals surface area contributed by atoms with E-state index >= 15 is 0 Å². The fourth-order valence-corrected chi connectivity index (χ4v) is 2.67. The normalized spacial score (nSPS) is 20.7. The van der Waals surface area contributed by atoms with Crippen LogP contribution in [-0.4, -0.2) is 56.0 Å². The Morgan fingerprint density at radius 1 is 1.43 bits per heavy atom. The molecule has 0 saturated carbocycles. The lowest BCUT2D eigenvalue weighted by atomic mass is 10.0. The van der Waals surface area contributed by atoms with E-state index in [1.807, 2.05) is 11.8 Å². The van der Waals surface area contributed by atoms with E-state index in [4.69, 9.17) is 0 Å². The Balaban J connectivity index is 1.51. The van der Waals surface area contributed by atoms with E-state index in [-0.39, 0.29) is 19.0 Å². The van der Waals surface area contributed by atoms with E-state index in [0.29, 0.717) is 19.5 Å². The second kappa shape index (κ2) is 6.33. The van der Waals surface area contributed by atoms with Gasteiger partial charge in [-0.15, -0.1) is 0 Å². The largest absolute Gasteiger partial charge is 0.386 e. The van der Waals surface area contributed by atoms with Crippen molar-refractivity contribution in [1.29, 1.82) is 0 Å².